The van der Waals surface area contributed by atoms with Crippen LogP contribution in [0.3, 0.4) is 0 Å². The molecule has 0 aliphatic heterocycles. The zero-order valence-electron chi connectivity index (χ0n) is 15.2. The molecule has 0 aromatic heterocycles. The van der Waals surface area contributed by atoms with Crippen molar-refractivity contribution in [3.63, 3.8) is 0 Å². The molecular weight excluding hydrogens is 332 g/mol. The van der Waals surface area contributed by atoms with Crippen molar-refractivity contribution in [3.05, 3.63) is 60.2 Å². The fourth-order valence-corrected chi connectivity index (χ4v) is 3.05. The first-order valence-corrected chi connectivity index (χ1v) is 9.40. The van der Waals surface area contributed by atoms with Crippen LogP contribution in [0.4, 0.5) is 0 Å². The van der Waals surface area contributed by atoms with Crippen LogP contribution in [0.25, 0.3) is 0 Å². The van der Waals surface area contributed by atoms with Crippen LogP contribution >= 0.6 is 11.8 Å². The second kappa shape index (κ2) is 10.0. The van der Waals surface area contributed by atoms with Crippen molar-refractivity contribution >= 4 is 11.8 Å². The topological polar surface area (TPSA) is 27.7 Å². The summed E-state index contributed by atoms with van der Waals surface area (Å²) in [4.78, 5) is 1.21. The molecule has 0 aliphatic carbocycles. The van der Waals surface area contributed by atoms with Crippen LogP contribution in [0, 0.1) is 6.92 Å². The third-order valence-corrected chi connectivity index (χ3v) is 4.69. The summed E-state index contributed by atoms with van der Waals surface area (Å²) in [5, 5.41) is 0. The Morgan fingerprint density at radius 1 is 1.04 bits per heavy atom. The van der Waals surface area contributed by atoms with Gasteiger partial charge in [0.25, 0.3) is 0 Å². The highest BCUT2D eigenvalue weighted by Crippen LogP contribution is 2.27. The van der Waals surface area contributed by atoms with E-state index >= 15 is 0 Å². The quantitative estimate of drug-likeness (QED) is 0.413. The fourth-order valence-electron chi connectivity index (χ4n) is 2.17. The van der Waals surface area contributed by atoms with Gasteiger partial charge in [-0.25, -0.2) is 0 Å². The molecule has 0 radical (unpaired) electrons. The van der Waals surface area contributed by atoms with E-state index in [1.54, 1.807) is 18.9 Å². The lowest BCUT2D eigenvalue weighted by Gasteiger charge is -2.11. The molecule has 0 spiro atoms. The van der Waals surface area contributed by atoms with Crippen LogP contribution in [0.1, 0.15) is 18.9 Å². The number of benzene rings is 2. The summed E-state index contributed by atoms with van der Waals surface area (Å²) in [5.74, 6) is 3.43. The Kier molecular flexibility index (Phi) is 7.74. The van der Waals surface area contributed by atoms with Crippen LogP contribution < -0.4 is 14.2 Å². The Hall–Kier alpha value is -2.07. The molecule has 0 atom stereocenters. The Balaban J connectivity index is 1.78. The first kappa shape index (κ1) is 19.3. The zero-order chi connectivity index (χ0) is 18.1. The number of methoxy groups -OCH3 is 1. The van der Waals surface area contributed by atoms with E-state index in [4.69, 9.17) is 14.2 Å². The molecule has 0 heterocycles. The summed E-state index contributed by atoms with van der Waals surface area (Å²) in [7, 11) is 1.65. The zero-order valence-corrected chi connectivity index (χ0v) is 16.0. The van der Waals surface area contributed by atoms with Crippen LogP contribution in [0.2, 0.25) is 0 Å². The molecule has 0 aliphatic rings. The molecule has 2 rings (SSSR count). The molecule has 134 valence electrons. The maximum Gasteiger partial charge on any atom is 0.122 e. The van der Waals surface area contributed by atoms with Gasteiger partial charge in [0.15, 0.2) is 0 Å². The Morgan fingerprint density at radius 3 is 2.40 bits per heavy atom. The molecule has 25 heavy (non-hydrogen) atoms. The predicted octanol–water partition coefficient (Wildman–Crippen LogP) is 5.52. The second-order valence-electron chi connectivity index (χ2n) is 5.78. The maximum absolute atomic E-state index is 5.75. The summed E-state index contributed by atoms with van der Waals surface area (Å²) >= 11 is 1.76. The second-order valence-corrected chi connectivity index (χ2v) is 6.83. The molecule has 2 aromatic rings. The minimum atomic E-state index is 0.510. The highest BCUT2D eigenvalue weighted by molar-refractivity contribution is 7.99. The van der Waals surface area contributed by atoms with Crippen molar-refractivity contribution in [2.24, 2.45) is 0 Å². The SMILES string of the molecule is C=C(COc1ccc(OC)cc1)CSc1ccc(OCCC)c(C)c1. The van der Waals surface area contributed by atoms with Gasteiger partial charge in [0.05, 0.1) is 13.7 Å². The lowest BCUT2D eigenvalue weighted by molar-refractivity contribution is 0.315. The van der Waals surface area contributed by atoms with Crippen LogP contribution in [-0.4, -0.2) is 26.1 Å². The predicted molar refractivity (Wildman–Crippen MR) is 105 cm³/mol. The van der Waals surface area contributed by atoms with E-state index in [0.717, 1.165) is 41.6 Å². The number of rotatable bonds is 10. The van der Waals surface area contributed by atoms with Gasteiger partial charge in [0.2, 0.25) is 0 Å². The van der Waals surface area contributed by atoms with Gasteiger partial charge >= 0.3 is 0 Å². The van der Waals surface area contributed by atoms with Gasteiger partial charge < -0.3 is 14.2 Å². The summed E-state index contributed by atoms with van der Waals surface area (Å²) in [6, 6.07) is 13.9. The molecule has 0 bridgehead atoms. The average molecular weight is 359 g/mol. The molecule has 0 N–H and O–H groups in total. The number of ether oxygens (including phenoxy) is 3. The van der Waals surface area contributed by atoms with E-state index < -0.39 is 0 Å². The van der Waals surface area contributed by atoms with Crippen molar-refractivity contribution in [3.8, 4) is 17.2 Å². The normalized spacial score (nSPS) is 10.4. The lowest BCUT2D eigenvalue weighted by Crippen LogP contribution is -2.02. The van der Waals surface area contributed by atoms with E-state index in [1.807, 2.05) is 30.3 Å². The first-order valence-electron chi connectivity index (χ1n) is 8.42. The van der Waals surface area contributed by atoms with Gasteiger partial charge in [-0.05, 0) is 66.9 Å². The molecule has 0 saturated carbocycles. The highest BCUT2D eigenvalue weighted by atomic mass is 32.2. The van der Waals surface area contributed by atoms with Gasteiger partial charge in [-0.3, -0.25) is 0 Å². The highest BCUT2D eigenvalue weighted by Gasteiger charge is 2.04. The van der Waals surface area contributed by atoms with E-state index in [-0.39, 0.29) is 0 Å². The molecule has 0 fully saturated rings. The Labute approximate surface area is 155 Å². The molecule has 4 heteroatoms. The van der Waals surface area contributed by atoms with E-state index in [0.29, 0.717) is 6.61 Å². The van der Waals surface area contributed by atoms with Crippen LogP contribution in [0.5, 0.6) is 17.2 Å². The first-order chi connectivity index (χ1) is 12.1. The van der Waals surface area contributed by atoms with Crippen LogP contribution in [0.15, 0.2) is 59.5 Å². The smallest absolute Gasteiger partial charge is 0.122 e. The number of hydrogen-bond acceptors (Lipinski definition) is 4. The summed E-state index contributed by atoms with van der Waals surface area (Å²) in [6.07, 6.45) is 1.02. The van der Waals surface area contributed by atoms with E-state index in [1.165, 1.54) is 10.5 Å². The molecule has 2 aromatic carbocycles. The summed E-state index contributed by atoms with van der Waals surface area (Å²) < 4.78 is 16.6. The number of aryl methyl sites for hydroxylation is 1. The minimum Gasteiger partial charge on any atom is -0.497 e. The number of hydrogen-bond donors (Lipinski definition) is 0. The monoisotopic (exact) mass is 358 g/mol. The molecule has 0 amide bonds. The Bertz CT molecular complexity index is 680. The van der Waals surface area contributed by atoms with Crippen LogP contribution in [-0.2, 0) is 0 Å². The number of thioether (sulfide) groups is 1. The van der Waals surface area contributed by atoms with Crippen molar-refractivity contribution in [1.82, 2.24) is 0 Å². The molecule has 3 nitrogen and oxygen atoms in total. The van der Waals surface area contributed by atoms with Gasteiger partial charge in [0, 0.05) is 10.6 Å². The fraction of sp³-hybridized carbons (Fsp3) is 0.333. The molecular formula is C21H26O3S. The Morgan fingerprint density at radius 2 is 1.76 bits per heavy atom. The minimum absolute atomic E-state index is 0.510. The van der Waals surface area contributed by atoms with Crippen molar-refractivity contribution in [1.29, 1.82) is 0 Å². The van der Waals surface area contributed by atoms with Crippen molar-refractivity contribution in [2.45, 2.75) is 25.2 Å². The maximum atomic E-state index is 5.75. The lowest BCUT2D eigenvalue weighted by atomic mass is 10.2. The van der Waals surface area contributed by atoms with Gasteiger partial charge in [-0.15, -0.1) is 11.8 Å². The van der Waals surface area contributed by atoms with Crippen molar-refractivity contribution in [2.75, 3.05) is 26.1 Å². The van der Waals surface area contributed by atoms with Crippen molar-refractivity contribution < 1.29 is 14.2 Å². The molecule has 0 saturated heterocycles. The largest absolute Gasteiger partial charge is 0.497 e. The van der Waals surface area contributed by atoms with E-state index in [9.17, 15) is 0 Å². The third-order valence-electron chi connectivity index (χ3n) is 3.55. The van der Waals surface area contributed by atoms with Gasteiger partial charge in [0.1, 0.15) is 23.9 Å². The summed E-state index contributed by atoms with van der Waals surface area (Å²) in [6.45, 7) is 9.56. The summed E-state index contributed by atoms with van der Waals surface area (Å²) in [5.41, 5.74) is 2.21. The van der Waals surface area contributed by atoms with E-state index in [2.05, 4.69) is 32.6 Å². The third kappa shape index (κ3) is 6.39. The molecule has 0 unspecified atom stereocenters. The van der Waals surface area contributed by atoms with Gasteiger partial charge in [-0.1, -0.05) is 13.5 Å². The van der Waals surface area contributed by atoms with Gasteiger partial charge in [-0.2, -0.15) is 0 Å². The average Bonchev–Trinajstić information content (AvgIpc) is 2.64. The standard InChI is InChI=1S/C21H26O3S/c1-5-12-23-21-11-10-20(13-17(21)3)25-15-16(2)14-24-19-8-6-18(22-4)7-9-19/h6-11,13H,2,5,12,14-15H2,1,3-4H3.